The second-order valence-electron chi connectivity index (χ2n) is 7.11. The summed E-state index contributed by atoms with van der Waals surface area (Å²) < 4.78 is 13.0. The number of piperazine rings is 2. The monoisotopic (exact) mass is 305 g/mol. The van der Waals surface area contributed by atoms with Gasteiger partial charge in [0.2, 0.25) is 0 Å². The van der Waals surface area contributed by atoms with Crippen LogP contribution in [0.5, 0.6) is 0 Å². The minimum atomic E-state index is -0.308. The maximum atomic E-state index is 13.0. The molecule has 1 amide bonds. The zero-order valence-corrected chi connectivity index (χ0v) is 13.6. The number of nitrogens with zero attached hydrogens (tertiary/aromatic N) is 3. The third kappa shape index (κ3) is 2.88. The maximum absolute atomic E-state index is 13.0. The van der Waals surface area contributed by atoms with Gasteiger partial charge in [0.1, 0.15) is 5.82 Å². The van der Waals surface area contributed by atoms with Crippen molar-refractivity contribution in [1.82, 2.24) is 14.7 Å². The Hall–Kier alpha value is -1.46. The quantitative estimate of drug-likeness (QED) is 0.790. The minimum Gasteiger partial charge on any atom is -0.336 e. The molecule has 0 saturated carbocycles. The fraction of sp³-hybridized carbons (Fsp3) is 0.588. The smallest absolute Gasteiger partial charge is 0.253 e. The Morgan fingerprint density at radius 1 is 1.18 bits per heavy atom. The van der Waals surface area contributed by atoms with Crippen molar-refractivity contribution >= 4 is 5.91 Å². The summed E-state index contributed by atoms with van der Waals surface area (Å²) in [6.45, 7) is 8.95. The lowest BCUT2D eigenvalue weighted by molar-refractivity contribution is -0.0518. The predicted molar refractivity (Wildman–Crippen MR) is 84.4 cm³/mol. The van der Waals surface area contributed by atoms with Crippen molar-refractivity contribution in [3.63, 3.8) is 0 Å². The highest BCUT2D eigenvalue weighted by molar-refractivity contribution is 5.94. The lowest BCUT2D eigenvalue weighted by Crippen LogP contribution is -2.69. The van der Waals surface area contributed by atoms with E-state index < -0.39 is 0 Å². The SMILES string of the molecule is CN1CC2CN(C(=O)c3ccc(F)cc3)CCN2C(C)(C)C1. The summed E-state index contributed by atoms with van der Waals surface area (Å²) in [5.74, 6) is -0.303. The summed E-state index contributed by atoms with van der Waals surface area (Å²) in [4.78, 5) is 19.4. The molecule has 2 heterocycles. The van der Waals surface area contributed by atoms with Gasteiger partial charge in [-0.15, -0.1) is 0 Å². The Labute approximate surface area is 131 Å². The molecule has 1 atom stereocenters. The molecule has 1 aromatic rings. The number of hydrogen-bond acceptors (Lipinski definition) is 3. The van der Waals surface area contributed by atoms with Crippen LogP contribution in [0, 0.1) is 5.82 Å². The summed E-state index contributed by atoms with van der Waals surface area (Å²) in [5, 5.41) is 0. The van der Waals surface area contributed by atoms with Gasteiger partial charge in [-0.3, -0.25) is 9.69 Å². The molecule has 0 bridgehead atoms. The van der Waals surface area contributed by atoms with E-state index in [1.807, 2.05) is 4.90 Å². The molecule has 3 rings (SSSR count). The highest BCUT2D eigenvalue weighted by Gasteiger charge is 2.42. The van der Waals surface area contributed by atoms with Gasteiger partial charge in [0, 0.05) is 49.9 Å². The van der Waals surface area contributed by atoms with Crippen LogP contribution in [0.1, 0.15) is 24.2 Å². The third-order valence-electron chi connectivity index (χ3n) is 4.82. The number of benzene rings is 1. The van der Waals surface area contributed by atoms with E-state index >= 15 is 0 Å². The highest BCUT2D eigenvalue weighted by atomic mass is 19.1. The first kappa shape index (κ1) is 15.4. The fourth-order valence-corrected chi connectivity index (χ4v) is 3.94. The van der Waals surface area contributed by atoms with Gasteiger partial charge in [-0.25, -0.2) is 4.39 Å². The average Bonchev–Trinajstić information content (AvgIpc) is 2.45. The lowest BCUT2D eigenvalue weighted by atomic mass is 9.93. The van der Waals surface area contributed by atoms with E-state index in [9.17, 15) is 9.18 Å². The normalized spacial score (nSPS) is 25.8. The Bertz CT molecular complexity index is 558. The molecule has 2 aliphatic heterocycles. The molecule has 1 unspecified atom stereocenters. The van der Waals surface area contributed by atoms with Crippen molar-refractivity contribution in [2.75, 3.05) is 39.8 Å². The second-order valence-corrected chi connectivity index (χ2v) is 7.11. The summed E-state index contributed by atoms with van der Waals surface area (Å²) >= 11 is 0. The molecule has 0 radical (unpaired) electrons. The van der Waals surface area contributed by atoms with Crippen LogP contribution in [0.4, 0.5) is 4.39 Å². The van der Waals surface area contributed by atoms with E-state index in [0.29, 0.717) is 11.6 Å². The molecule has 22 heavy (non-hydrogen) atoms. The van der Waals surface area contributed by atoms with Gasteiger partial charge in [-0.1, -0.05) is 0 Å². The Kier molecular flexibility index (Phi) is 3.95. The van der Waals surface area contributed by atoms with Crippen molar-refractivity contribution in [1.29, 1.82) is 0 Å². The Morgan fingerprint density at radius 2 is 1.86 bits per heavy atom. The molecule has 4 nitrogen and oxygen atoms in total. The van der Waals surface area contributed by atoms with E-state index in [1.54, 1.807) is 12.1 Å². The number of amides is 1. The van der Waals surface area contributed by atoms with Crippen molar-refractivity contribution in [3.8, 4) is 0 Å². The average molecular weight is 305 g/mol. The summed E-state index contributed by atoms with van der Waals surface area (Å²) in [6, 6.07) is 6.20. The summed E-state index contributed by atoms with van der Waals surface area (Å²) in [6.07, 6.45) is 0. The van der Waals surface area contributed by atoms with E-state index in [0.717, 1.165) is 32.7 Å². The van der Waals surface area contributed by atoms with Crippen LogP contribution >= 0.6 is 0 Å². The number of fused-ring (bicyclic) bond motifs is 1. The van der Waals surface area contributed by atoms with Gasteiger partial charge in [0.25, 0.3) is 5.91 Å². The van der Waals surface area contributed by atoms with Crippen LogP contribution < -0.4 is 0 Å². The maximum Gasteiger partial charge on any atom is 0.253 e. The van der Waals surface area contributed by atoms with Gasteiger partial charge >= 0.3 is 0 Å². The van der Waals surface area contributed by atoms with Crippen molar-refractivity contribution in [2.24, 2.45) is 0 Å². The zero-order valence-electron chi connectivity index (χ0n) is 13.6. The summed E-state index contributed by atoms with van der Waals surface area (Å²) in [7, 11) is 2.14. The topological polar surface area (TPSA) is 26.8 Å². The van der Waals surface area contributed by atoms with Gasteiger partial charge in [-0.2, -0.15) is 0 Å². The molecule has 0 aromatic heterocycles. The standard InChI is InChI=1S/C17H24FN3O/c1-17(2)12-19(3)10-15-11-20(8-9-21(15)17)16(22)13-4-6-14(18)7-5-13/h4-7,15H,8-12H2,1-3H3. The zero-order chi connectivity index (χ0) is 15.9. The van der Waals surface area contributed by atoms with E-state index in [4.69, 9.17) is 0 Å². The molecular weight excluding hydrogens is 281 g/mol. The van der Waals surface area contributed by atoms with Gasteiger partial charge in [-0.05, 0) is 45.2 Å². The highest BCUT2D eigenvalue weighted by Crippen LogP contribution is 2.27. The molecule has 5 heteroatoms. The van der Waals surface area contributed by atoms with Crippen molar-refractivity contribution < 1.29 is 9.18 Å². The fourth-order valence-electron chi connectivity index (χ4n) is 3.94. The van der Waals surface area contributed by atoms with E-state index in [1.165, 1.54) is 12.1 Å². The first-order valence-corrected chi connectivity index (χ1v) is 7.87. The van der Waals surface area contributed by atoms with Crippen LogP contribution in [0.25, 0.3) is 0 Å². The van der Waals surface area contributed by atoms with Crippen LogP contribution in [-0.2, 0) is 0 Å². The Balaban J connectivity index is 1.73. The second kappa shape index (κ2) is 5.63. The van der Waals surface area contributed by atoms with Crippen LogP contribution in [0.2, 0.25) is 0 Å². The molecule has 1 aromatic carbocycles. The molecule has 2 saturated heterocycles. The number of carbonyl (C=O) groups excluding carboxylic acids is 1. The third-order valence-corrected chi connectivity index (χ3v) is 4.82. The first-order chi connectivity index (χ1) is 10.4. The molecule has 2 fully saturated rings. The molecule has 0 aliphatic carbocycles. The van der Waals surface area contributed by atoms with Gasteiger partial charge in [0.05, 0.1) is 0 Å². The van der Waals surface area contributed by atoms with Crippen molar-refractivity contribution in [3.05, 3.63) is 35.6 Å². The van der Waals surface area contributed by atoms with Crippen LogP contribution in [-0.4, -0.2) is 72.0 Å². The lowest BCUT2D eigenvalue weighted by Gasteiger charge is -2.55. The van der Waals surface area contributed by atoms with Crippen LogP contribution in [0.15, 0.2) is 24.3 Å². The van der Waals surface area contributed by atoms with E-state index in [2.05, 4.69) is 30.7 Å². The predicted octanol–water partition coefficient (Wildman–Crippen LogP) is 1.68. The number of carbonyl (C=O) groups is 1. The molecule has 0 N–H and O–H groups in total. The van der Waals surface area contributed by atoms with Crippen molar-refractivity contribution in [2.45, 2.75) is 25.4 Å². The largest absolute Gasteiger partial charge is 0.336 e. The van der Waals surface area contributed by atoms with E-state index in [-0.39, 0.29) is 17.3 Å². The van der Waals surface area contributed by atoms with Gasteiger partial charge in [0.15, 0.2) is 0 Å². The number of halogens is 1. The molecule has 2 aliphatic rings. The van der Waals surface area contributed by atoms with Gasteiger partial charge < -0.3 is 9.80 Å². The van der Waals surface area contributed by atoms with Crippen LogP contribution in [0.3, 0.4) is 0 Å². The molecule has 0 spiro atoms. The number of hydrogen-bond donors (Lipinski definition) is 0. The first-order valence-electron chi connectivity index (χ1n) is 7.87. The number of likely N-dealkylation sites (N-methyl/N-ethyl adjacent to an activating group) is 1. The number of rotatable bonds is 1. The Morgan fingerprint density at radius 3 is 2.55 bits per heavy atom. The summed E-state index contributed by atoms with van der Waals surface area (Å²) in [5.41, 5.74) is 0.709. The molecular formula is C17H24FN3O. The molecule has 120 valence electrons. The minimum absolute atomic E-state index is 0.00526.